The van der Waals surface area contributed by atoms with E-state index in [-0.39, 0.29) is 5.82 Å². The highest BCUT2D eigenvalue weighted by Gasteiger charge is 2.66. The first-order valence-corrected chi connectivity index (χ1v) is 6.07. The molecular formula is C10H12ClF2N3O4. The van der Waals surface area contributed by atoms with Crippen LogP contribution in [0.25, 0.3) is 0 Å². The Balaban J connectivity index is 2.50. The molecule has 0 aliphatic carbocycles. The maximum Gasteiger partial charge on any atom is 0.351 e. The van der Waals surface area contributed by atoms with Crippen molar-refractivity contribution < 1.29 is 23.7 Å². The van der Waals surface area contributed by atoms with Crippen LogP contribution in [0.15, 0.2) is 17.1 Å². The summed E-state index contributed by atoms with van der Waals surface area (Å²) in [4.78, 5) is 14.9. The molecule has 20 heavy (non-hydrogen) atoms. The Morgan fingerprint density at radius 2 is 2.25 bits per heavy atom. The molecule has 10 heteroatoms. The van der Waals surface area contributed by atoms with Crippen molar-refractivity contribution >= 4 is 17.4 Å². The number of alkyl halides is 3. The second-order valence-electron chi connectivity index (χ2n) is 4.45. The van der Waals surface area contributed by atoms with Gasteiger partial charge in [0.15, 0.2) is 6.10 Å². The number of rotatable bonds is 3. The zero-order valence-electron chi connectivity index (χ0n) is 10.0. The summed E-state index contributed by atoms with van der Waals surface area (Å²) < 4.78 is 33.6. The Morgan fingerprint density at radius 1 is 1.60 bits per heavy atom. The number of halogens is 3. The summed E-state index contributed by atoms with van der Waals surface area (Å²) in [7, 11) is 0. The van der Waals surface area contributed by atoms with Crippen LogP contribution in [-0.4, -0.2) is 49.9 Å². The third-order valence-corrected chi connectivity index (χ3v) is 3.59. The third-order valence-electron chi connectivity index (χ3n) is 3.14. The lowest BCUT2D eigenvalue weighted by Gasteiger charge is -2.26. The van der Waals surface area contributed by atoms with Crippen molar-refractivity contribution in [2.75, 3.05) is 18.2 Å². The van der Waals surface area contributed by atoms with E-state index in [1.807, 2.05) is 0 Å². The van der Waals surface area contributed by atoms with Gasteiger partial charge >= 0.3 is 11.6 Å². The van der Waals surface area contributed by atoms with Gasteiger partial charge in [-0.1, -0.05) is 0 Å². The van der Waals surface area contributed by atoms with Gasteiger partial charge in [-0.25, -0.2) is 4.79 Å². The zero-order valence-corrected chi connectivity index (χ0v) is 10.8. The van der Waals surface area contributed by atoms with Gasteiger partial charge in [-0.05, 0) is 6.07 Å². The van der Waals surface area contributed by atoms with E-state index in [0.29, 0.717) is 4.57 Å². The van der Waals surface area contributed by atoms with Crippen LogP contribution in [0.4, 0.5) is 14.6 Å². The van der Waals surface area contributed by atoms with Crippen LogP contribution in [0.5, 0.6) is 0 Å². The van der Waals surface area contributed by atoms with Crippen LogP contribution in [0.2, 0.25) is 0 Å². The number of nitrogens with zero attached hydrogens (tertiary/aromatic N) is 2. The molecule has 2 rings (SSSR count). The number of aliphatic hydroxyl groups is 2. The normalized spacial score (nSPS) is 32.5. The van der Waals surface area contributed by atoms with E-state index in [1.165, 1.54) is 0 Å². The monoisotopic (exact) mass is 311 g/mol. The molecule has 4 N–H and O–H groups in total. The van der Waals surface area contributed by atoms with E-state index in [0.717, 1.165) is 12.3 Å². The summed E-state index contributed by atoms with van der Waals surface area (Å²) in [6.07, 6.45) is -3.53. The minimum Gasteiger partial charge on any atom is -0.393 e. The molecule has 1 fully saturated rings. The van der Waals surface area contributed by atoms with Gasteiger partial charge in [-0.2, -0.15) is 13.8 Å². The van der Waals surface area contributed by atoms with Crippen molar-refractivity contribution in [2.45, 2.75) is 23.9 Å². The van der Waals surface area contributed by atoms with Crippen LogP contribution in [-0.2, 0) is 4.74 Å². The van der Waals surface area contributed by atoms with Crippen molar-refractivity contribution in [1.82, 2.24) is 9.55 Å². The molecule has 1 aromatic rings. The van der Waals surface area contributed by atoms with Crippen molar-refractivity contribution in [3.05, 3.63) is 22.7 Å². The molecule has 0 amide bonds. The van der Waals surface area contributed by atoms with Crippen LogP contribution in [0.1, 0.15) is 6.23 Å². The largest absolute Gasteiger partial charge is 0.393 e. The lowest BCUT2D eigenvalue weighted by atomic mass is 9.97. The minimum atomic E-state index is -3.83. The Bertz CT molecular complexity index is 564. The number of nitrogen functional groups attached to an aromatic ring is 1. The molecule has 1 aliphatic rings. The quantitative estimate of drug-likeness (QED) is 0.638. The molecule has 3 atom stereocenters. The van der Waals surface area contributed by atoms with E-state index >= 15 is 0 Å². The van der Waals surface area contributed by atoms with Gasteiger partial charge in [0, 0.05) is 6.20 Å². The molecule has 1 aliphatic heterocycles. The van der Waals surface area contributed by atoms with Gasteiger partial charge in [0.1, 0.15) is 11.4 Å². The molecule has 0 radical (unpaired) electrons. The van der Waals surface area contributed by atoms with Crippen molar-refractivity contribution in [3.63, 3.8) is 0 Å². The summed E-state index contributed by atoms with van der Waals surface area (Å²) in [5.74, 6) is -4.55. The molecule has 1 aromatic heterocycles. The third kappa shape index (κ3) is 2.06. The van der Waals surface area contributed by atoms with Gasteiger partial charge < -0.3 is 20.7 Å². The first-order valence-electron chi connectivity index (χ1n) is 5.53. The number of nitrogens with two attached hydrogens (primary N) is 1. The maximum atomic E-state index is 14.1. The highest BCUT2D eigenvalue weighted by molar-refractivity contribution is 6.18. The smallest absolute Gasteiger partial charge is 0.351 e. The summed E-state index contributed by atoms with van der Waals surface area (Å²) in [6, 6.07) is 1.13. The van der Waals surface area contributed by atoms with Crippen LogP contribution >= 0.6 is 11.6 Å². The minimum absolute atomic E-state index is 0.140. The number of anilines is 1. The zero-order chi connectivity index (χ0) is 15.1. The molecular weight excluding hydrogens is 300 g/mol. The SMILES string of the molecule is Nc1ccn([C@@H]2O[C@@](CO)(CCl)[C@@H](O)C2(F)F)c(=O)n1. The molecule has 112 valence electrons. The fourth-order valence-corrected chi connectivity index (χ4v) is 2.26. The molecule has 2 heterocycles. The number of hydrogen-bond acceptors (Lipinski definition) is 6. The highest BCUT2D eigenvalue weighted by Crippen LogP contribution is 2.47. The van der Waals surface area contributed by atoms with E-state index < -0.39 is 42.0 Å². The van der Waals surface area contributed by atoms with Crippen molar-refractivity contribution in [2.24, 2.45) is 0 Å². The van der Waals surface area contributed by atoms with Crippen molar-refractivity contribution in [3.8, 4) is 0 Å². The first-order chi connectivity index (χ1) is 9.28. The van der Waals surface area contributed by atoms with Gasteiger partial charge in [0.25, 0.3) is 0 Å². The molecule has 0 aromatic carbocycles. The number of aliphatic hydroxyl groups excluding tert-OH is 2. The Morgan fingerprint density at radius 3 is 2.70 bits per heavy atom. The summed E-state index contributed by atoms with van der Waals surface area (Å²) in [5, 5.41) is 18.8. The second-order valence-corrected chi connectivity index (χ2v) is 4.71. The lowest BCUT2D eigenvalue weighted by molar-refractivity contribution is -0.143. The number of hydrogen-bond donors (Lipinski definition) is 3. The summed E-state index contributed by atoms with van der Waals surface area (Å²) in [6.45, 7) is -0.930. The second kappa shape index (κ2) is 4.92. The predicted molar refractivity (Wildman–Crippen MR) is 64.5 cm³/mol. The molecule has 0 spiro atoms. The van der Waals surface area contributed by atoms with Gasteiger partial charge in [0.05, 0.1) is 12.5 Å². The topological polar surface area (TPSA) is 111 Å². The van der Waals surface area contributed by atoms with Crippen LogP contribution in [0.3, 0.4) is 0 Å². The Hall–Kier alpha value is -1.29. The highest BCUT2D eigenvalue weighted by atomic mass is 35.5. The Kier molecular flexibility index (Phi) is 3.71. The maximum absolute atomic E-state index is 14.1. The van der Waals surface area contributed by atoms with Crippen LogP contribution in [0, 0.1) is 0 Å². The van der Waals surface area contributed by atoms with Gasteiger partial charge in [0.2, 0.25) is 6.23 Å². The molecule has 0 unspecified atom stereocenters. The van der Waals surface area contributed by atoms with E-state index in [2.05, 4.69) is 4.98 Å². The summed E-state index contributed by atoms with van der Waals surface area (Å²) >= 11 is 5.50. The molecule has 0 saturated carbocycles. The van der Waals surface area contributed by atoms with Gasteiger partial charge in [-0.15, -0.1) is 11.6 Å². The number of aromatic nitrogens is 2. The van der Waals surface area contributed by atoms with Gasteiger partial charge in [-0.3, -0.25) is 4.57 Å². The van der Waals surface area contributed by atoms with E-state index in [1.54, 1.807) is 0 Å². The number of ether oxygens (including phenoxy) is 1. The standard InChI is InChI=1S/C10H12ClF2N3O4/c11-3-9(4-17)6(18)10(12,13)7(20-9)16-2-1-5(14)15-8(16)19/h1-2,6-7,17-18H,3-4H2,(H2,14,15,19)/t6-,7-,9-/m1/s1. The lowest BCUT2D eigenvalue weighted by Crippen LogP contribution is -2.50. The Labute approximate surface area is 116 Å². The fraction of sp³-hybridized carbons (Fsp3) is 0.600. The fourth-order valence-electron chi connectivity index (χ4n) is 1.97. The van der Waals surface area contributed by atoms with E-state index in [9.17, 15) is 23.8 Å². The van der Waals surface area contributed by atoms with E-state index in [4.69, 9.17) is 22.1 Å². The molecule has 1 saturated heterocycles. The summed E-state index contributed by atoms with van der Waals surface area (Å²) in [5.41, 5.74) is 2.14. The van der Waals surface area contributed by atoms with Crippen molar-refractivity contribution in [1.29, 1.82) is 0 Å². The average Bonchev–Trinajstić information content (AvgIpc) is 2.60. The molecule has 7 nitrogen and oxygen atoms in total. The predicted octanol–water partition coefficient (Wildman–Crippen LogP) is -0.680. The first kappa shape index (κ1) is 15.1. The average molecular weight is 312 g/mol. The van der Waals surface area contributed by atoms with Crippen LogP contribution < -0.4 is 11.4 Å². The molecule has 0 bridgehead atoms.